The highest BCUT2D eigenvalue weighted by Gasteiger charge is 2.27. The molecule has 22 heavy (non-hydrogen) atoms. The molecule has 0 heterocycles. The first-order valence-electron chi connectivity index (χ1n) is 9.60. The first kappa shape index (κ1) is 21.7. The van der Waals surface area contributed by atoms with Gasteiger partial charge in [-0.25, -0.2) is 0 Å². The lowest BCUT2D eigenvalue weighted by molar-refractivity contribution is 0.0499. The summed E-state index contributed by atoms with van der Waals surface area (Å²) in [5, 5.41) is 21.8. The largest absolute Gasteiger partial charge is 0.386 e. The van der Waals surface area contributed by atoms with Gasteiger partial charge >= 0.3 is 0 Å². The summed E-state index contributed by atoms with van der Waals surface area (Å²) in [7, 11) is 0. The molecule has 0 aromatic carbocycles. The zero-order valence-corrected chi connectivity index (χ0v) is 15.5. The van der Waals surface area contributed by atoms with Gasteiger partial charge in [0.2, 0.25) is 0 Å². The predicted octanol–water partition coefficient (Wildman–Crippen LogP) is 5.77. The fourth-order valence-electron chi connectivity index (χ4n) is 2.83. The van der Waals surface area contributed by atoms with Crippen LogP contribution in [0.5, 0.6) is 0 Å². The van der Waals surface area contributed by atoms with Crippen molar-refractivity contribution in [3.63, 3.8) is 0 Å². The van der Waals surface area contributed by atoms with Gasteiger partial charge in [-0.05, 0) is 25.7 Å². The average Bonchev–Trinajstić information content (AvgIpc) is 2.53. The van der Waals surface area contributed by atoms with Crippen LogP contribution in [-0.4, -0.2) is 21.4 Å². The minimum absolute atomic E-state index is 0.738. The number of hydrogen-bond acceptors (Lipinski definition) is 2. The molecule has 0 aliphatic rings. The number of rotatable bonds is 14. The Balaban J connectivity index is 4.92. The van der Waals surface area contributed by atoms with Gasteiger partial charge in [0.1, 0.15) is 0 Å². The first-order valence-corrected chi connectivity index (χ1v) is 9.60. The van der Waals surface area contributed by atoms with Gasteiger partial charge in [-0.2, -0.15) is 0 Å². The molecule has 0 radical (unpaired) electrons. The molecule has 0 saturated carbocycles. The molecule has 0 aliphatic heterocycles. The third kappa shape index (κ3) is 9.63. The predicted molar refractivity (Wildman–Crippen MR) is 97.1 cm³/mol. The van der Waals surface area contributed by atoms with E-state index in [1.54, 1.807) is 0 Å². The minimum atomic E-state index is -0.738. The van der Waals surface area contributed by atoms with Gasteiger partial charge < -0.3 is 10.2 Å². The van der Waals surface area contributed by atoms with E-state index < -0.39 is 11.2 Å². The molecule has 0 aliphatic carbocycles. The van der Waals surface area contributed by atoms with E-state index in [0.717, 1.165) is 77.0 Å². The lowest BCUT2D eigenvalue weighted by Crippen LogP contribution is -2.30. The van der Waals surface area contributed by atoms with Gasteiger partial charge in [-0.15, -0.1) is 0 Å². The Kier molecular flexibility index (Phi) is 11.9. The fraction of sp³-hybridized carbons (Fsp3) is 0.900. The average molecular weight is 313 g/mol. The molecule has 0 amide bonds. The van der Waals surface area contributed by atoms with Crippen molar-refractivity contribution >= 4 is 0 Å². The van der Waals surface area contributed by atoms with Gasteiger partial charge in [0.25, 0.3) is 0 Å². The normalized spacial score (nSPS) is 13.2. The maximum atomic E-state index is 10.9. The van der Waals surface area contributed by atoms with Crippen molar-refractivity contribution in [1.82, 2.24) is 0 Å². The minimum Gasteiger partial charge on any atom is -0.386 e. The smallest absolute Gasteiger partial charge is 0.0828 e. The Morgan fingerprint density at radius 1 is 0.545 bits per heavy atom. The maximum absolute atomic E-state index is 10.9. The van der Waals surface area contributed by atoms with Crippen LogP contribution >= 0.6 is 0 Å². The van der Waals surface area contributed by atoms with Crippen LogP contribution < -0.4 is 0 Å². The summed E-state index contributed by atoms with van der Waals surface area (Å²) >= 11 is 0. The molecule has 0 spiro atoms. The molecule has 132 valence electrons. The zero-order valence-electron chi connectivity index (χ0n) is 15.5. The van der Waals surface area contributed by atoms with E-state index in [2.05, 4.69) is 27.7 Å². The second-order valence-electron chi connectivity index (χ2n) is 6.95. The van der Waals surface area contributed by atoms with E-state index in [1.165, 1.54) is 0 Å². The topological polar surface area (TPSA) is 40.5 Å². The summed E-state index contributed by atoms with van der Waals surface area (Å²) in [6, 6.07) is 0. The number of hydrogen-bond donors (Lipinski definition) is 2. The standard InChI is InChI=1S/C20H40O2/c1-5-9-13-19(21,14-10-6-2)17-18-20(22,15-11-7-3)16-12-8-4/h17-18,21-22H,5-16H2,1-4H3. The van der Waals surface area contributed by atoms with Crippen LogP contribution in [0, 0.1) is 0 Å². The van der Waals surface area contributed by atoms with E-state index in [-0.39, 0.29) is 0 Å². The van der Waals surface area contributed by atoms with Crippen molar-refractivity contribution in [2.24, 2.45) is 0 Å². The van der Waals surface area contributed by atoms with E-state index in [9.17, 15) is 10.2 Å². The Bertz CT molecular complexity index is 239. The Morgan fingerprint density at radius 3 is 0.955 bits per heavy atom. The van der Waals surface area contributed by atoms with Crippen LogP contribution in [0.3, 0.4) is 0 Å². The van der Waals surface area contributed by atoms with Crippen molar-refractivity contribution in [3.05, 3.63) is 12.2 Å². The highest BCUT2D eigenvalue weighted by molar-refractivity contribution is 5.09. The molecule has 2 nitrogen and oxygen atoms in total. The van der Waals surface area contributed by atoms with Crippen molar-refractivity contribution in [3.8, 4) is 0 Å². The second-order valence-corrected chi connectivity index (χ2v) is 6.95. The van der Waals surface area contributed by atoms with Crippen LogP contribution in [0.4, 0.5) is 0 Å². The Morgan fingerprint density at radius 2 is 0.773 bits per heavy atom. The van der Waals surface area contributed by atoms with Gasteiger partial charge in [0.05, 0.1) is 11.2 Å². The van der Waals surface area contributed by atoms with Crippen molar-refractivity contribution in [1.29, 1.82) is 0 Å². The molecule has 0 aromatic heterocycles. The summed E-state index contributed by atoms with van der Waals surface area (Å²) < 4.78 is 0. The summed E-state index contributed by atoms with van der Waals surface area (Å²) in [4.78, 5) is 0. The van der Waals surface area contributed by atoms with Crippen molar-refractivity contribution in [2.75, 3.05) is 0 Å². The third-order valence-electron chi connectivity index (χ3n) is 4.56. The monoisotopic (exact) mass is 312 g/mol. The van der Waals surface area contributed by atoms with Gasteiger partial charge in [-0.1, -0.05) is 91.2 Å². The maximum Gasteiger partial charge on any atom is 0.0828 e. The highest BCUT2D eigenvalue weighted by atomic mass is 16.3. The third-order valence-corrected chi connectivity index (χ3v) is 4.56. The van der Waals surface area contributed by atoms with Gasteiger partial charge in [-0.3, -0.25) is 0 Å². The quantitative estimate of drug-likeness (QED) is 0.400. The fourth-order valence-corrected chi connectivity index (χ4v) is 2.83. The molecule has 0 rings (SSSR count). The van der Waals surface area contributed by atoms with Crippen molar-refractivity contribution < 1.29 is 10.2 Å². The van der Waals surface area contributed by atoms with Crippen LogP contribution in [-0.2, 0) is 0 Å². The summed E-state index contributed by atoms with van der Waals surface area (Å²) in [6.07, 6.45) is 15.6. The molecule has 0 saturated heterocycles. The Hall–Kier alpha value is -0.340. The molecular formula is C20H40O2. The van der Waals surface area contributed by atoms with E-state index in [4.69, 9.17) is 0 Å². The SMILES string of the molecule is CCCCC(O)(C=CC(O)(CCCC)CCCC)CCCC. The Labute approximate surface area is 139 Å². The molecule has 0 unspecified atom stereocenters. The molecule has 2 heteroatoms. The molecule has 0 aromatic rings. The van der Waals surface area contributed by atoms with Gasteiger partial charge in [0, 0.05) is 0 Å². The zero-order chi connectivity index (χ0) is 16.9. The van der Waals surface area contributed by atoms with E-state index in [0.29, 0.717) is 0 Å². The number of aliphatic hydroxyl groups is 2. The lowest BCUT2D eigenvalue weighted by atomic mass is 9.85. The summed E-state index contributed by atoms with van der Waals surface area (Å²) in [5.41, 5.74) is -1.48. The molecule has 2 N–H and O–H groups in total. The van der Waals surface area contributed by atoms with Crippen molar-refractivity contribution in [2.45, 2.75) is 116 Å². The first-order chi connectivity index (χ1) is 10.4. The molecular weight excluding hydrogens is 272 g/mol. The van der Waals surface area contributed by atoms with Crippen LogP contribution in [0.15, 0.2) is 12.2 Å². The molecule has 0 bridgehead atoms. The van der Waals surface area contributed by atoms with Crippen LogP contribution in [0.2, 0.25) is 0 Å². The summed E-state index contributed by atoms with van der Waals surface area (Å²) in [5.74, 6) is 0. The van der Waals surface area contributed by atoms with E-state index >= 15 is 0 Å². The van der Waals surface area contributed by atoms with Crippen LogP contribution in [0.1, 0.15) is 105 Å². The van der Waals surface area contributed by atoms with E-state index in [1.807, 2.05) is 12.2 Å². The summed E-state index contributed by atoms with van der Waals surface area (Å²) in [6.45, 7) is 8.62. The lowest BCUT2D eigenvalue weighted by Gasteiger charge is -2.29. The second kappa shape index (κ2) is 12.1. The highest BCUT2D eigenvalue weighted by Crippen LogP contribution is 2.28. The number of unbranched alkanes of at least 4 members (excludes halogenated alkanes) is 4. The van der Waals surface area contributed by atoms with Gasteiger partial charge in [0.15, 0.2) is 0 Å². The molecule has 0 fully saturated rings. The molecule has 0 atom stereocenters. The van der Waals surface area contributed by atoms with Crippen LogP contribution in [0.25, 0.3) is 0 Å².